The second-order valence-electron chi connectivity index (χ2n) is 5.46. The highest BCUT2D eigenvalue weighted by Crippen LogP contribution is 2.17. The lowest BCUT2D eigenvalue weighted by molar-refractivity contribution is 0.0948. The number of anilines is 1. The summed E-state index contributed by atoms with van der Waals surface area (Å²) in [5, 5.41) is 5.63. The molecule has 1 aromatic carbocycles. The maximum Gasteiger partial charge on any atom is 0.269 e. The van der Waals surface area contributed by atoms with Gasteiger partial charge in [0, 0.05) is 24.0 Å². The lowest BCUT2D eigenvalue weighted by Gasteiger charge is -2.10. The van der Waals surface area contributed by atoms with Gasteiger partial charge in [0.05, 0.1) is 0 Å². The van der Waals surface area contributed by atoms with Crippen molar-refractivity contribution in [2.45, 2.75) is 27.2 Å². The van der Waals surface area contributed by atoms with Crippen molar-refractivity contribution in [2.75, 3.05) is 11.9 Å². The Hall–Kier alpha value is -2.69. The van der Waals surface area contributed by atoms with Crippen LogP contribution in [0.15, 0.2) is 36.5 Å². The molecular formula is C18H21N3O2. The first-order valence-corrected chi connectivity index (χ1v) is 7.64. The molecule has 0 bridgehead atoms. The Kier molecular flexibility index (Phi) is 5.46. The highest BCUT2D eigenvalue weighted by atomic mass is 16.2. The summed E-state index contributed by atoms with van der Waals surface area (Å²) in [6.07, 6.45) is 2.32. The van der Waals surface area contributed by atoms with Crippen LogP contribution < -0.4 is 10.6 Å². The van der Waals surface area contributed by atoms with Gasteiger partial charge in [0.25, 0.3) is 11.8 Å². The Bertz CT molecular complexity index is 726. The molecule has 0 radical (unpaired) electrons. The zero-order valence-electron chi connectivity index (χ0n) is 13.6. The quantitative estimate of drug-likeness (QED) is 0.891. The van der Waals surface area contributed by atoms with Crippen LogP contribution in [0.4, 0.5) is 5.69 Å². The number of hydrogen-bond donors (Lipinski definition) is 2. The van der Waals surface area contributed by atoms with Crippen molar-refractivity contribution < 1.29 is 9.59 Å². The minimum Gasteiger partial charge on any atom is -0.351 e. The van der Waals surface area contributed by atoms with Gasteiger partial charge in [0.1, 0.15) is 5.69 Å². The zero-order chi connectivity index (χ0) is 16.8. The molecule has 0 atom stereocenters. The summed E-state index contributed by atoms with van der Waals surface area (Å²) in [5.41, 5.74) is 3.47. The van der Waals surface area contributed by atoms with Crippen LogP contribution in [-0.4, -0.2) is 23.3 Å². The fourth-order valence-electron chi connectivity index (χ4n) is 2.09. The summed E-state index contributed by atoms with van der Waals surface area (Å²) in [4.78, 5) is 28.3. The van der Waals surface area contributed by atoms with Crippen molar-refractivity contribution in [2.24, 2.45) is 0 Å². The minimum atomic E-state index is -0.270. The van der Waals surface area contributed by atoms with E-state index in [0.717, 1.165) is 23.2 Å². The average Bonchev–Trinajstić information content (AvgIpc) is 2.56. The van der Waals surface area contributed by atoms with Gasteiger partial charge in [-0.1, -0.05) is 19.1 Å². The minimum absolute atomic E-state index is 0.243. The number of amides is 2. The molecule has 5 nitrogen and oxygen atoms in total. The maximum atomic E-state index is 12.4. The van der Waals surface area contributed by atoms with Crippen LogP contribution in [0.1, 0.15) is 45.3 Å². The molecule has 0 fully saturated rings. The maximum absolute atomic E-state index is 12.4. The Labute approximate surface area is 136 Å². The Morgan fingerprint density at radius 3 is 2.61 bits per heavy atom. The van der Waals surface area contributed by atoms with E-state index in [1.165, 1.54) is 12.3 Å². The molecule has 0 saturated heterocycles. The van der Waals surface area contributed by atoms with Crippen molar-refractivity contribution in [3.05, 3.63) is 58.9 Å². The molecule has 2 aromatic rings. The molecule has 0 unspecified atom stereocenters. The third-order valence-electron chi connectivity index (χ3n) is 3.43. The topological polar surface area (TPSA) is 71.1 Å². The van der Waals surface area contributed by atoms with Crippen LogP contribution >= 0.6 is 0 Å². The standard InChI is InChI=1S/C18H21N3O2/c1-4-8-20-18(23)16-11-14(7-9-19-16)17(22)21-15-10-12(2)5-6-13(15)3/h5-7,9-11H,4,8H2,1-3H3,(H,20,23)(H,21,22). The molecule has 2 N–H and O–H groups in total. The van der Waals surface area contributed by atoms with Gasteiger partial charge in [-0.15, -0.1) is 0 Å². The molecular weight excluding hydrogens is 290 g/mol. The second-order valence-corrected chi connectivity index (χ2v) is 5.46. The number of carbonyl (C=O) groups is 2. The van der Waals surface area contributed by atoms with E-state index in [0.29, 0.717) is 12.1 Å². The second kappa shape index (κ2) is 7.54. The first kappa shape index (κ1) is 16.7. The van der Waals surface area contributed by atoms with Crippen LogP contribution in [0.3, 0.4) is 0 Å². The predicted octanol–water partition coefficient (Wildman–Crippen LogP) is 3.09. The normalized spacial score (nSPS) is 10.2. The van der Waals surface area contributed by atoms with Crippen molar-refractivity contribution in [3.63, 3.8) is 0 Å². The molecule has 1 heterocycles. The van der Waals surface area contributed by atoms with E-state index in [1.54, 1.807) is 6.07 Å². The number of carbonyl (C=O) groups excluding carboxylic acids is 2. The van der Waals surface area contributed by atoms with Gasteiger partial charge < -0.3 is 10.6 Å². The third kappa shape index (κ3) is 4.39. The number of hydrogen-bond acceptors (Lipinski definition) is 3. The summed E-state index contributed by atoms with van der Waals surface area (Å²) in [6.45, 7) is 6.46. The fourth-order valence-corrected chi connectivity index (χ4v) is 2.09. The van der Waals surface area contributed by atoms with Gasteiger partial charge in [-0.2, -0.15) is 0 Å². The van der Waals surface area contributed by atoms with Crippen LogP contribution in [0.25, 0.3) is 0 Å². The highest BCUT2D eigenvalue weighted by molar-refractivity contribution is 6.06. The van der Waals surface area contributed by atoms with E-state index in [-0.39, 0.29) is 17.5 Å². The monoisotopic (exact) mass is 311 g/mol. The molecule has 120 valence electrons. The van der Waals surface area contributed by atoms with Crippen molar-refractivity contribution >= 4 is 17.5 Å². The number of aryl methyl sites for hydroxylation is 2. The zero-order valence-corrected chi connectivity index (χ0v) is 13.6. The average molecular weight is 311 g/mol. The fraction of sp³-hybridized carbons (Fsp3) is 0.278. The number of nitrogens with zero attached hydrogens (tertiary/aromatic N) is 1. The van der Waals surface area contributed by atoms with E-state index in [1.807, 2.05) is 39.0 Å². The summed E-state index contributed by atoms with van der Waals surface area (Å²) in [6, 6.07) is 8.97. The summed E-state index contributed by atoms with van der Waals surface area (Å²) in [5.74, 6) is -0.529. The van der Waals surface area contributed by atoms with Gasteiger partial charge in [-0.25, -0.2) is 0 Å². The Balaban J connectivity index is 2.16. The molecule has 0 aliphatic rings. The number of rotatable bonds is 5. The highest BCUT2D eigenvalue weighted by Gasteiger charge is 2.12. The summed E-state index contributed by atoms with van der Waals surface area (Å²) in [7, 11) is 0. The van der Waals surface area contributed by atoms with E-state index < -0.39 is 0 Å². The van der Waals surface area contributed by atoms with E-state index in [2.05, 4.69) is 15.6 Å². The molecule has 1 aromatic heterocycles. The van der Waals surface area contributed by atoms with Gasteiger partial charge in [0.2, 0.25) is 0 Å². The third-order valence-corrected chi connectivity index (χ3v) is 3.43. The van der Waals surface area contributed by atoms with Crippen molar-refractivity contribution in [1.82, 2.24) is 10.3 Å². The smallest absolute Gasteiger partial charge is 0.269 e. The predicted molar refractivity (Wildman–Crippen MR) is 90.7 cm³/mol. The SMILES string of the molecule is CCCNC(=O)c1cc(C(=O)Nc2cc(C)ccc2C)ccn1. The molecule has 0 spiro atoms. The van der Waals surface area contributed by atoms with Gasteiger partial charge in [0.15, 0.2) is 0 Å². The summed E-state index contributed by atoms with van der Waals surface area (Å²) < 4.78 is 0. The number of nitrogens with one attached hydrogen (secondary N) is 2. The Morgan fingerprint density at radius 2 is 1.87 bits per heavy atom. The van der Waals surface area contributed by atoms with Crippen LogP contribution in [0.5, 0.6) is 0 Å². The number of aromatic nitrogens is 1. The first-order chi connectivity index (χ1) is 11.0. The number of benzene rings is 1. The van der Waals surface area contributed by atoms with E-state index in [4.69, 9.17) is 0 Å². The molecule has 5 heteroatoms. The lowest BCUT2D eigenvalue weighted by Crippen LogP contribution is -2.25. The van der Waals surface area contributed by atoms with Gasteiger partial charge in [-0.3, -0.25) is 14.6 Å². The molecule has 2 amide bonds. The molecule has 0 aliphatic carbocycles. The lowest BCUT2D eigenvalue weighted by atomic mass is 10.1. The summed E-state index contributed by atoms with van der Waals surface area (Å²) >= 11 is 0. The van der Waals surface area contributed by atoms with Gasteiger partial charge >= 0.3 is 0 Å². The Morgan fingerprint density at radius 1 is 1.09 bits per heavy atom. The van der Waals surface area contributed by atoms with Crippen LogP contribution in [0.2, 0.25) is 0 Å². The van der Waals surface area contributed by atoms with Crippen molar-refractivity contribution in [1.29, 1.82) is 0 Å². The van der Waals surface area contributed by atoms with Crippen LogP contribution in [0, 0.1) is 13.8 Å². The van der Waals surface area contributed by atoms with E-state index >= 15 is 0 Å². The molecule has 0 saturated carbocycles. The molecule has 2 rings (SSSR count). The molecule has 0 aliphatic heterocycles. The number of pyridine rings is 1. The van der Waals surface area contributed by atoms with Crippen molar-refractivity contribution in [3.8, 4) is 0 Å². The largest absolute Gasteiger partial charge is 0.351 e. The van der Waals surface area contributed by atoms with Gasteiger partial charge in [-0.05, 0) is 49.6 Å². The van der Waals surface area contributed by atoms with Crippen LogP contribution in [-0.2, 0) is 0 Å². The van der Waals surface area contributed by atoms with E-state index in [9.17, 15) is 9.59 Å². The first-order valence-electron chi connectivity index (χ1n) is 7.64. The molecule has 23 heavy (non-hydrogen) atoms.